The van der Waals surface area contributed by atoms with Gasteiger partial charge < -0.3 is 0 Å². The molecule has 0 saturated heterocycles. The molecule has 5 rings (SSSR count). The molecule has 0 aromatic heterocycles. The van der Waals surface area contributed by atoms with Gasteiger partial charge in [0.05, 0.1) is 5.57 Å². The number of hydrogen-bond acceptors (Lipinski definition) is 3. The molecule has 0 bridgehead atoms. The zero-order valence-electron chi connectivity index (χ0n) is 22.8. The Morgan fingerprint density at radius 1 is 0.853 bits per heavy atom. The molecule has 2 unspecified atom stereocenters. The van der Waals surface area contributed by atoms with Gasteiger partial charge in [0.15, 0.2) is 5.78 Å². The predicted molar refractivity (Wildman–Crippen MR) is 135 cm³/mol. The van der Waals surface area contributed by atoms with E-state index in [4.69, 9.17) is 0 Å². The SMILES string of the molecule is CC1(C)CC[C@]2(C)CC[C@]3(C)C(C(=O)C[C@@H]4[C@@]5(C)C=C(C#N)C(=O)C(C)(C)[C@@H]5CC[C@]43C)C2C1. The number of hydrogen-bond donors (Lipinski definition) is 0. The second-order valence-electron chi connectivity index (χ2n) is 15.3. The molecule has 0 aromatic rings. The summed E-state index contributed by atoms with van der Waals surface area (Å²) in [4.78, 5) is 27.4. The van der Waals surface area contributed by atoms with Crippen molar-refractivity contribution >= 4 is 11.6 Å². The van der Waals surface area contributed by atoms with Crippen LogP contribution in [0.15, 0.2) is 11.6 Å². The Hall–Kier alpha value is -1.43. The molecule has 3 heteroatoms. The Morgan fingerprint density at radius 2 is 1.50 bits per heavy atom. The molecular formula is C31H45NO2. The first-order valence-electron chi connectivity index (χ1n) is 13.8. The normalized spacial score (nSPS) is 51.2. The molecule has 0 heterocycles. The summed E-state index contributed by atoms with van der Waals surface area (Å²) in [6.45, 7) is 18.6. The maximum Gasteiger partial charge on any atom is 0.178 e. The first kappa shape index (κ1) is 24.3. The summed E-state index contributed by atoms with van der Waals surface area (Å²) in [5.41, 5.74) is 0.0617. The molecule has 4 fully saturated rings. The summed E-state index contributed by atoms with van der Waals surface area (Å²) in [7, 11) is 0. The van der Waals surface area contributed by atoms with Crippen LogP contribution in [0.5, 0.6) is 0 Å². The lowest BCUT2D eigenvalue weighted by molar-refractivity contribution is -0.220. The molecule has 5 aliphatic carbocycles. The quantitative estimate of drug-likeness (QED) is 0.378. The van der Waals surface area contributed by atoms with Gasteiger partial charge >= 0.3 is 0 Å². The molecule has 0 aliphatic heterocycles. The van der Waals surface area contributed by atoms with Crippen LogP contribution in [0.25, 0.3) is 0 Å². The summed E-state index contributed by atoms with van der Waals surface area (Å²) >= 11 is 0. The molecule has 0 amide bonds. The van der Waals surface area contributed by atoms with Crippen LogP contribution in [-0.4, -0.2) is 11.6 Å². The van der Waals surface area contributed by atoms with Crippen LogP contribution in [0.1, 0.15) is 107 Å². The lowest BCUT2D eigenvalue weighted by atomic mass is 9.32. The Labute approximate surface area is 207 Å². The monoisotopic (exact) mass is 463 g/mol. The highest BCUT2D eigenvalue weighted by Crippen LogP contribution is 2.75. The van der Waals surface area contributed by atoms with E-state index in [0.29, 0.717) is 29.1 Å². The van der Waals surface area contributed by atoms with Gasteiger partial charge in [-0.05, 0) is 89.8 Å². The maximum atomic E-state index is 14.3. The predicted octanol–water partition coefficient (Wildman–Crippen LogP) is 7.31. The standard InChI is InChI=1S/C31H45NO2/c1-26(2)11-12-28(5)13-14-31(8)24(20(28)17-26)21(33)15-23-29(6)16-19(18-32)25(34)27(3,4)22(29)9-10-30(23,31)7/h16,20,22-24H,9-15,17H2,1-8H3/t20?,22-,23+,24?,28+,29-,30+,31+/m0/s1. The summed E-state index contributed by atoms with van der Waals surface area (Å²) < 4.78 is 0. The van der Waals surface area contributed by atoms with Gasteiger partial charge in [-0.1, -0.05) is 61.5 Å². The molecule has 0 aromatic carbocycles. The van der Waals surface area contributed by atoms with Gasteiger partial charge in [0.25, 0.3) is 0 Å². The number of nitriles is 1. The van der Waals surface area contributed by atoms with E-state index in [0.717, 1.165) is 25.7 Å². The Balaban J connectivity index is 1.63. The Bertz CT molecular complexity index is 1030. The second kappa shape index (κ2) is 6.86. The third kappa shape index (κ3) is 2.81. The van der Waals surface area contributed by atoms with Crippen molar-refractivity contribution in [1.82, 2.24) is 0 Å². The number of Topliss-reactive ketones (excluding diaryl/α,β-unsaturated/α-hetero) is 2. The van der Waals surface area contributed by atoms with Crippen molar-refractivity contribution in [3.63, 3.8) is 0 Å². The number of rotatable bonds is 0. The molecule has 3 nitrogen and oxygen atoms in total. The van der Waals surface area contributed by atoms with Crippen LogP contribution < -0.4 is 0 Å². The largest absolute Gasteiger partial charge is 0.299 e. The number of carbonyl (C=O) groups is 2. The molecular weight excluding hydrogens is 418 g/mol. The highest BCUT2D eigenvalue weighted by molar-refractivity contribution is 6.04. The fourth-order valence-electron chi connectivity index (χ4n) is 10.6. The third-order valence-electron chi connectivity index (χ3n) is 12.9. The minimum absolute atomic E-state index is 0.00910. The lowest BCUT2D eigenvalue weighted by Crippen LogP contribution is -2.68. The molecule has 0 radical (unpaired) electrons. The van der Waals surface area contributed by atoms with Crippen molar-refractivity contribution < 1.29 is 9.59 Å². The van der Waals surface area contributed by atoms with E-state index < -0.39 is 5.41 Å². The van der Waals surface area contributed by atoms with Gasteiger partial charge in [-0.2, -0.15) is 5.26 Å². The minimum atomic E-state index is -0.560. The first-order chi connectivity index (χ1) is 15.6. The van der Waals surface area contributed by atoms with Crippen molar-refractivity contribution in [1.29, 1.82) is 5.26 Å². The zero-order chi connectivity index (χ0) is 25.1. The zero-order valence-corrected chi connectivity index (χ0v) is 22.8. The van der Waals surface area contributed by atoms with Gasteiger partial charge in [-0.15, -0.1) is 0 Å². The highest BCUT2D eigenvalue weighted by atomic mass is 16.1. The summed E-state index contributed by atoms with van der Waals surface area (Å²) in [6, 6.07) is 2.23. The van der Waals surface area contributed by atoms with Crippen molar-refractivity contribution in [2.75, 3.05) is 0 Å². The van der Waals surface area contributed by atoms with Crippen LogP contribution in [0.2, 0.25) is 0 Å². The molecule has 5 aliphatic rings. The van der Waals surface area contributed by atoms with Crippen LogP contribution >= 0.6 is 0 Å². The van der Waals surface area contributed by atoms with E-state index in [1.807, 2.05) is 19.9 Å². The van der Waals surface area contributed by atoms with Crippen molar-refractivity contribution in [3.8, 4) is 6.07 Å². The average Bonchev–Trinajstić information content (AvgIpc) is 2.74. The molecule has 0 spiro atoms. The van der Waals surface area contributed by atoms with Crippen molar-refractivity contribution in [3.05, 3.63) is 11.6 Å². The van der Waals surface area contributed by atoms with Gasteiger partial charge in [-0.3, -0.25) is 9.59 Å². The molecule has 34 heavy (non-hydrogen) atoms. The number of fused-ring (bicyclic) bond motifs is 7. The van der Waals surface area contributed by atoms with Gasteiger partial charge in [0.2, 0.25) is 0 Å². The summed E-state index contributed by atoms with van der Waals surface area (Å²) in [6.07, 6.45) is 10.7. The van der Waals surface area contributed by atoms with Gasteiger partial charge in [-0.25, -0.2) is 0 Å². The van der Waals surface area contributed by atoms with Crippen LogP contribution in [0, 0.1) is 67.5 Å². The number of nitrogens with zero attached hydrogens (tertiary/aromatic N) is 1. The van der Waals surface area contributed by atoms with E-state index in [9.17, 15) is 14.9 Å². The van der Waals surface area contributed by atoms with E-state index in [1.165, 1.54) is 19.3 Å². The van der Waals surface area contributed by atoms with E-state index in [-0.39, 0.29) is 45.2 Å². The second-order valence-corrected chi connectivity index (χ2v) is 15.3. The fourth-order valence-corrected chi connectivity index (χ4v) is 10.6. The molecule has 8 atom stereocenters. The van der Waals surface area contributed by atoms with Crippen molar-refractivity contribution in [2.24, 2.45) is 56.2 Å². The van der Waals surface area contributed by atoms with Crippen LogP contribution in [0.4, 0.5) is 0 Å². The number of allylic oxidation sites excluding steroid dienone is 2. The Kier molecular flexibility index (Phi) is 4.90. The smallest absolute Gasteiger partial charge is 0.178 e. The number of ketones is 2. The van der Waals surface area contributed by atoms with Crippen molar-refractivity contribution in [2.45, 2.75) is 107 Å². The first-order valence-corrected chi connectivity index (χ1v) is 13.8. The number of carbonyl (C=O) groups excluding carboxylic acids is 2. The fraction of sp³-hybridized carbons (Fsp3) is 0.839. The highest BCUT2D eigenvalue weighted by Gasteiger charge is 2.71. The maximum absolute atomic E-state index is 14.3. The summed E-state index contributed by atoms with van der Waals surface area (Å²) in [5.74, 6) is 1.44. The molecule has 186 valence electrons. The molecule has 0 N–H and O–H groups in total. The minimum Gasteiger partial charge on any atom is -0.299 e. The van der Waals surface area contributed by atoms with Crippen LogP contribution in [-0.2, 0) is 9.59 Å². The topological polar surface area (TPSA) is 57.9 Å². The summed E-state index contributed by atoms with van der Waals surface area (Å²) in [5, 5.41) is 9.85. The van der Waals surface area contributed by atoms with Gasteiger partial charge in [0, 0.05) is 17.8 Å². The van der Waals surface area contributed by atoms with Gasteiger partial charge in [0.1, 0.15) is 11.9 Å². The van der Waals surface area contributed by atoms with E-state index in [1.54, 1.807) is 0 Å². The third-order valence-corrected chi connectivity index (χ3v) is 12.9. The molecule has 4 saturated carbocycles. The average molecular weight is 464 g/mol. The van der Waals surface area contributed by atoms with Crippen LogP contribution in [0.3, 0.4) is 0 Å². The van der Waals surface area contributed by atoms with E-state index >= 15 is 0 Å². The lowest BCUT2D eigenvalue weighted by Gasteiger charge is -2.71. The Morgan fingerprint density at radius 3 is 2.15 bits per heavy atom. The van der Waals surface area contributed by atoms with E-state index in [2.05, 4.69) is 47.6 Å².